The molecule has 0 spiro atoms. The molecule has 0 aliphatic carbocycles. The van der Waals surface area contributed by atoms with E-state index < -0.39 is 5.60 Å². The van der Waals surface area contributed by atoms with Crippen molar-refractivity contribution in [1.82, 2.24) is 5.32 Å². The fraction of sp³-hybridized carbons (Fsp3) is 0.556. The summed E-state index contributed by atoms with van der Waals surface area (Å²) >= 11 is 1.78. The molecular weight excluding hydrogens is 170 g/mol. The lowest BCUT2D eigenvalue weighted by atomic mass is 9.92. The Morgan fingerprint density at radius 2 is 2.33 bits per heavy atom. The molecule has 0 bridgehead atoms. The molecule has 1 aromatic rings. The highest BCUT2D eigenvalue weighted by molar-refractivity contribution is 7.11. The van der Waals surface area contributed by atoms with Gasteiger partial charge >= 0.3 is 0 Å². The van der Waals surface area contributed by atoms with E-state index in [1.807, 2.05) is 0 Å². The van der Waals surface area contributed by atoms with E-state index in [-0.39, 0.29) is 0 Å². The third-order valence-electron chi connectivity index (χ3n) is 2.21. The molecule has 2 N–H and O–H groups in total. The largest absolute Gasteiger partial charge is 0.387 e. The minimum Gasteiger partial charge on any atom is -0.387 e. The van der Waals surface area contributed by atoms with E-state index in [0.717, 1.165) is 19.5 Å². The van der Waals surface area contributed by atoms with Crippen molar-refractivity contribution in [1.29, 1.82) is 0 Å². The van der Waals surface area contributed by atoms with Gasteiger partial charge in [-0.25, -0.2) is 0 Å². The molecule has 2 nitrogen and oxygen atoms in total. The van der Waals surface area contributed by atoms with Gasteiger partial charge in [-0.15, -0.1) is 11.3 Å². The average Bonchev–Trinajstić information content (AvgIpc) is 2.32. The van der Waals surface area contributed by atoms with Crippen LogP contribution >= 0.6 is 11.3 Å². The van der Waals surface area contributed by atoms with Crippen LogP contribution in [-0.2, 0) is 6.42 Å². The standard InChI is InChI=1S/C9H13NOS/c1-7-2-3-8(12-7)4-9(11)5-10-6-9/h2-3,10-11H,4-6H2,1H3. The Morgan fingerprint density at radius 3 is 2.75 bits per heavy atom. The minimum atomic E-state index is -0.461. The van der Waals surface area contributed by atoms with Gasteiger partial charge in [0.2, 0.25) is 0 Å². The predicted octanol–water partition coefficient (Wildman–Crippen LogP) is 0.933. The van der Waals surface area contributed by atoms with Crippen molar-refractivity contribution in [3.05, 3.63) is 21.9 Å². The summed E-state index contributed by atoms with van der Waals surface area (Å²) in [5.74, 6) is 0. The fourth-order valence-corrected chi connectivity index (χ4v) is 2.47. The van der Waals surface area contributed by atoms with Gasteiger partial charge in [-0.05, 0) is 19.1 Å². The van der Waals surface area contributed by atoms with Gasteiger partial charge in [0, 0.05) is 29.3 Å². The van der Waals surface area contributed by atoms with Crippen LogP contribution in [0.15, 0.2) is 12.1 Å². The summed E-state index contributed by atoms with van der Waals surface area (Å²) in [7, 11) is 0. The Balaban J connectivity index is 2.03. The number of hydrogen-bond donors (Lipinski definition) is 2. The first-order valence-corrected chi connectivity index (χ1v) is 4.98. The van der Waals surface area contributed by atoms with Crippen LogP contribution in [0.25, 0.3) is 0 Å². The first-order valence-electron chi connectivity index (χ1n) is 4.16. The van der Waals surface area contributed by atoms with Crippen LogP contribution in [0, 0.1) is 6.92 Å². The van der Waals surface area contributed by atoms with Crippen molar-refractivity contribution in [2.45, 2.75) is 18.9 Å². The number of aryl methyl sites for hydroxylation is 1. The number of hydrogen-bond acceptors (Lipinski definition) is 3. The molecule has 0 aromatic carbocycles. The van der Waals surface area contributed by atoms with Gasteiger partial charge in [-0.1, -0.05) is 0 Å². The Kier molecular flexibility index (Phi) is 1.94. The predicted molar refractivity (Wildman–Crippen MR) is 50.6 cm³/mol. The zero-order valence-electron chi connectivity index (χ0n) is 7.13. The van der Waals surface area contributed by atoms with Crippen molar-refractivity contribution < 1.29 is 5.11 Å². The van der Waals surface area contributed by atoms with Crippen LogP contribution in [0.4, 0.5) is 0 Å². The molecule has 66 valence electrons. The van der Waals surface area contributed by atoms with Gasteiger partial charge in [0.05, 0.1) is 5.60 Å². The zero-order chi connectivity index (χ0) is 8.60. The van der Waals surface area contributed by atoms with Crippen LogP contribution in [0.2, 0.25) is 0 Å². The molecule has 1 aromatic heterocycles. The van der Waals surface area contributed by atoms with Gasteiger partial charge < -0.3 is 10.4 Å². The van der Waals surface area contributed by atoms with E-state index in [2.05, 4.69) is 24.4 Å². The molecule has 3 heteroatoms. The van der Waals surface area contributed by atoms with E-state index in [1.165, 1.54) is 9.75 Å². The highest BCUT2D eigenvalue weighted by Crippen LogP contribution is 2.23. The molecule has 2 heterocycles. The van der Waals surface area contributed by atoms with Crippen molar-refractivity contribution in [2.24, 2.45) is 0 Å². The van der Waals surface area contributed by atoms with Gasteiger partial charge in [0.15, 0.2) is 0 Å². The highest BCUT2D eigenvalue weighted by atomic mass is 32.1. The Labute approximate surface area is 76.2 Å². The van der Waals surface area contributed by atoms with E-state index in [0.29, 0.717) is 0 Å². The molecule has 0 amide bonds. The van der Waals surface area contributed by atoms with Crippen LogP contribution in [0.1, 0.15) is 9.75 Å². The number of thiophene rings is 1. The highest BCUT2D eigenvalue weighted by Gasteiger charge is 2.34. The summed E-state index contributed by atoms with van der Waals surface area (Å²) in [5, 5.41) is 12.9. The second kappa shape index (κ2) is 2.83. The zero-order valence-corrected chi connectivity index (χ0v) is 7.95. The molecule has 0 atom stereocenters. The molecule has 1 aliphatic heterocycles. The summed E-state index contributed by atoms with van der Waals surface area (Å²) in [4.78, 5) is 2.61. The molecule has 12 heavy (non-hydrogen) atoms. The molecule has 1 fully saturated rings. The van der Waals surface area contributed by atoms with E-state index in [1.54, 1.807) is 11.3 Å². The summed E-state index contributed by atoms with van der Waals surface area (Å²) < 4.78 is 0. The summed E-state index contributed by atoms with van der Waals surface area (Å²) in [6, 6.07) is 4.21. The number of β-amino-alcohol motifs (C(OH)–C–C–N with tert-alkyl or cyclic N) is 1. The third kappa shape index (κ3) is 1.53. The molecular formula is C9H13NOS. The summed E-state index contributed by atoms with van der Waals surface area (Å²) in [6.07, 6.45) is 0.804. The Bertz CT molecular complexity index is 278. The van der Waals surface area contributed by atoms with E-state index >= 15 is 0 Å². The first kappa shape index (κ1) is 8.23. The molecule has 2 rings (SSSR count). The Morgan fingerprint density at radius 1 is 1.58 bits per heavy atom. The summed E-state index contributed by atoms with van der Waals surface area (Å²) in [6.45, 7) is 3.57. The number of rotatable bonds is 2. The minimum absolute atomic E-state index is 0.461. The lowest BCUT2D eigenvalue weighted by molar-refractivity contribution is -0.00833. The maximum Gasteiger partial charge on any atom is 0.0943 e. The maximum atomic E-state index is 9.82. The molecule has 1 saturated heterocycles. The van der Waals surface area contributed by atoms with Crippen LogP contribution in [-0.4, -0.2) is 23.8 Å². The number of aliphatic hydroxyl groups is 1. The third-order valence-corrected chi connectivity index (χ3v) is 3.21. The van der Waals surface area contributed by atoms with Crippen molar-refractivity contribution in [3.63, 3.8) is 0 Å². The van der Waals surface area contributed by atoms with E-state index in [9.17, 15) is 5.11 Å². The topological polar surface area (TPSA) is 32.3 Å². The van der Waals surface area contributed by atoms with Gasteiger partial charge in [0.25, 0.3) is 0 Å². The summed E-state index contributed by atoms with van der Waals surface area (Å²) in [5.41, 5.74) is -0.461. The fourth-order valence-electron chi connectivity index (χ4n) is 1.44. The quantitative estimate of drug-likeness (QED) is 0.715. The first-order chi connectivity index (χ1) is 5.68. The van der Waals surface area contributed by atoms with Crippen molar-refractivity contribution in [3.8, 4) is 0 Å². The lowest BCUT2D eigenvalue weighted by Crippen LogP contribution is -2.60. The SMILES string of the molecule is Cc1ccc(CC2(O)CNC2)s1. The number of nitrogens with one attached hydrogen (secondary N) is 1. The van der Waals surface area contributed by atoms with Crippen molar-refractivity contribution >= 4 is 11.3 Å². The van der Waals surface area contributed by atoms with Gasteiger partial charge in [-0.2, -0.15) is 0 Å². The average molecular weight is 183 g/mol. The molecule has 0 saturated carbocycles. The second-order valence-electron chi connectivity index (χ2n) is 3.52. The van der Waals surface area contributed by atoms with Gasteiger partial charge in [0.1, 0.15) is 0 Å². The normalized spacial score (nSPS) is 20.5. The molecule has 1 aliphatic rings. The second-order valence-corrected chi connectivity index (χ2v) is 4.89. The lowest BCUT2D eigenvalue weighted by Gasteiger charge is -2.37. The van der Waals surface area contributed by atoms with E-state index in [4.69, 9.17) is 0 Å². The molecule has 0 radical (unpaired) electrons. The van der Waals surface area contributed by atoms with Crippen LogP contribution < -0.4 is 5.32 Å². The van der Waals surface area contributed by atoms with Gasteiger partial charge in [-0.3, -0.25) is 0 Å². The Hall–Kier alpha value is -0.380. The smallest absolute Gasteiger partial charge is 0.0943 e. The monoisotopic (exact) mass is 183 g/mol. The maximum absolute atomic E-state index is 9.82. The van der Waals surface area contributed by atoms with Crippen LogP contribution in [0.3, 0.4) is 0 Å². The molecule has 0 unspecified atom stereocenters. The van der Waals surface area contributed by atoms with Crippen molar-refractivity contribution in [2.75, 3.05) is 13.1 Å². The van der Waals surface area contributed by atoms with Crippen LogP contribution in [0.5, 0.6) is 0 Å².